The quantitative estimate of drug-likeness (QED) is 0.476. The van der Waals surface area contributed by atoms with E-state index in [1.165, 1.54) is 0 Å². The van der Waals surface area contributed by atoms with Crippen molar-refractivity contribution in [2.75, 3.05) is 26.3 Å². The molecule has 0 radical (unpaired) electrons. The van der Waals surface area contributed by atoms with Gasteiger partial charge >= 0.3 is 6.09 Å². The van der Waals surface area contributed by atoms with Gasteiger partial charge in [0, 0.05) is 19.5 Å². The SMILES string of the molecule is O=C(N[C@@H](Cc1cc(I)c(O)c(I)c1)C(=O)N1CCOCC1)OCc1ccccc1. The van der Waals surface area contributed by atoms with Crippen LogP contribution in [0, 0.1) is 7.14 Å². The van der Waals surface area contributed by atoms with Gasteiger partial charge in [-0.2, -0.15) is 0 Å². The molecule has 30 heavy (non-hydrogen) atoms. The normalized spacial score (nSPS) is 14.8. The average molecular weight is 636 g/mol. The van der Waals surface area contributed by atoms with E-state index >= 15 is 0 Å². The van der Waals surface area contributed by atoms with Gasteiger partial charge in [-0.3, -0.25) is 4.79 Å². The zero-order chi connectivity index (χ0) is 21.5. The molecule has 3 rings (SSSR count). The Bertz CT molecular complexity index is 865. The molecule has 0 unspecified atom stereocenters. The standard InChI is InChI=1S/C21H22I2N2O5/c22-16-10-15(11-17(23)19(16)26)12-18(20(27)25-6-8-29-9-7-25)24-21(28)30-13-14-4-2-1-3-5-14/h1-5,10-11,18,26H,6-9,12-13H2,(H,24,28)/t18-/m0/s1. The van der Waals surface area contributed by atoms with Gasteiger partial charge in [0.05, 0.1) is 20.4 Å². The summed E-state index contributed by atoms with van der Waals surface area (Å²) >= 11 is 4.10. The number of amides is 2. The molecule has 2 aromatic carbocycles. The first-order chi connectivity index (χ1) is 14.4. The first-order valence-corrected chi connectivity index (χ1v) is 11.6. The lowest BCUT2D eigenvalue weighted by molar-refractivity contribution is -0.137. The second kappa shape index (κ2) is 11.1. The van der Waals surface area contributed by atoms with Crippen LogP contribution >= 0.6 is 45.2 Å². The van der Waals surface area contributed by atoms with Crippen molar-refractivity contribution in [3.8, 4) is 5.75 Å². The topological polar surface area (TPSA) is 88.1 Å². The third kappa shape index (κ3) is 6.45. The molecule has 0 spiro atoms. The number of nitrogens with zero attached hydrogens (tertiary/aromatic N) is 1. The van der Waals surface area contributed by atoms with Crippen LogP contribution in [0.4, 0.5) is 4.79 Å². The molecule has 2 aromatic rings. The number of hydrogen-bond donors (Lipinski definition) is 2. The summed E-state index contributed by atoms with van der Waals surface area (Å²) in [6.07, 6.45) is -0.350. The number of alkyl carbamates (subject to hydrolysis) is 1. The van der Waals surface area contributed by atoms with Gasteiger partial charge in [-0.1, -0.05) is 30.3 Å². The first-order valence-electron chi connectivity index (χ1n) is 9.44. The molecule has 7 nitrogen and oxygen atoms in total. The molecule has 1 atom stereocenters. The van der Waals surface area contributed by atoms with Crippen LogP contribution in [-0.2, 0) is 27.3 Å². The second-order valence-corrected chi connectivity index (χ2v) is 9.13. The highest BCUT2D eigenvalue weighted by atomic mass is 127. The van der Waals surface area contributed by atoms with Gasteiger partial charge in [-0.05, 0) is 68.4 Å². The molecule has 1 aliphatic heterocycles. The number of carbonyl (C=O) groups is 2. The Morgan fingerprint density at radius 2 is 1.73 bits per heavy atom. The van der Waals surface area contributed by atoms with Crippen LogP contribution in [0.3, 0.4) is 0 Å². The van der Waals surface area contributed by atoms with Crippen LogP contribution < -0.4 is 5.32 Å². The van der Waals surface area contributed by atoms with E-state index in [1.807, 2.05) is 87.6 Å². The number of benzene rings is 2. The lowest BCUT2D eigenvalue weighted by Crippen LogP contribution is -2.52. The highest BCUT2D eigenvalue weighted by molar-refractivity contribution is 14.1. The maximum Gasteiger partial charge on any atom is 0.408 e. The Labute approximate surface area is 202 Å². The van der Waals surface area contributed by atoms with Crippen molar-refractivity contribution in [1.29, 1.82) is 0 Å². The number of carbonyl (C=O) groups excluding carboxylic acids is 2. The van der Waals surface area contributed by atoms with Crippen LogP contribution in [0.25, 0.3) is 0 Å². The summed E-state index contributed by atoms with van der Waals surface area (Å²) in [5.74, 6) is 0.0410. The Morgan fingerprint density at radius 1 is 1.10 bits per heavy atom. The monoisotopic (exact) mass is 636 g/mol. The molecule has 1 heterocycles. The molecule has 2 amide bonds. The van der Waals surface area contributed by atoms with Crippen LogP contribution in [0.15, 0.2) is 42.5 Å². The van der Waals surface area contributed by atoms with Gasteiger partial charge in [0.15, 0.2) is 0 Å². The minimum atomic E-state index is -0.775. The minimum absolute atomic E-state index is 0.125. The highest BCUT2D eigenvalue weighted by Gasteiger charge is 2.28. The van der Waals surface area contributed by atoms with Gasteiger partial charge in [0.2, 0.25) is 5.91 Å². The number of hydrogen-bond acceptors (Lipinski definition) is 5. The third-order valence-electron chi connectivity index (χ3n) is 4.64. The zero-order valence-corrected chi connectivity index (χ0v) is 20.5. The summed E-state index contributed by atoms with van der Waals surface area (Å²) in [6, 6.07) is 12.2. The molecule has 0 saturated carbocycles. The maximum absolute atomic E-state index is 13.1. The molecule has 2 N–H and O–H groups in total. The average Bonchev–Trinajstić information content (AvgIpc) is 2.76. The molecule has 1 fully saturated rings. The second-order valence-electron chi connectivity index (χ2n) is 6.81. The number of nitrogens with one attached hydrogen (secondary N) is 1. The molecule has 9 heteroatoms. The number of aromatic hydroxyl groups is 1. The number of phenolic OH excluding ortho intramolecular Hbond substituents is 1. The van der Waals surface area contributed by atoms with Crippen molar-refractivity contribution >= 4 is 57.2 Å². The zero-order valence-electron chi connectivity index (χ0n) is 16.1. The van der Waals surface area contributed by atoms with Gasteiger partial charge in [0.1, 0.15) is 18.4 Å². The fourth-order valence-corrected chi connectivity index (χ4v) is 4.98. The summed E-state index contributed by atoms with van der Waals surface area (Å²) in [5, 5.41) is 12.7. The lowest BCUT2D eigenvalue weighted by atomic mass is 10.0. The van der Waals surface area contributed by atoms with Crippen molar-refractivity contribution in [1.82, 2.24) is 10.2 Å². The molecule has 0 bridgehead atoms. The minimum Gasteiger partial charge on any atom is -0.506 e. The van der Waals surface area contributed by atoms with E-state index in [2.05, 4.69) is 5.32 Å². The Hall–Kier alpha value is -1.60. The number of rotatable bonds is 6. The van der Waals surface area contributed by atoms with Gasteiger partial charge in [-0.25, -0.2) is 4.79 Å². The summed E-state index contributed by atoms with van der Waals surface area (Å²) in [4.78, 5) is 27.2. The van der Waals surface area contributed by atoms with E-state index in [-0.39, 0.29) is 18.3 Å². The van der Waals surface area contributed by atoms with Gasteiger partial charge in [-0.15, -0.1) is 0 Å². The van der Waals surface area contributed by atoms with E-state index in [9.17, 15) is 14.7 Å². The summed E-state index contributed by atoms with van der Waals surface area (Å²) in [7, 11) is 0. The molecule has 160 valence electrons. The summed E-state index contributed by atoms with van der Waals surface area (Å²) in [5.41, 5.74) is 1.71. The summed E-state index contributed by atoms with van der Waals surface area (Å²) in [6.45, 7) is 2.05. The highest BCUT2D eigenvalue weighted by Crippen LogP contribution is 2.28. The Morgan fingerprint density at radius 3 is 2.37 bits per heavy atom. The van der Waals surface area contributed by atoms with Crippen molar-refractivity contribution < 1.29 is 24.2 Å². The fraction of sp³-hybridized carbons (Fsp3) is 0.333. The molecular weight excluding hydrogens is 614 g/mol. The van der Waals surface area contributed by atoms with Crippen LogP contribution in [0.2, 0.25) is 0 Å². The van der Waals surface area contributed by atoms with Crippen molar-refractivity contribution in [2.24, 2.45) is 0 Å². The maximum atomic E-state index is 13.1. The van der Waals surface area contributed by atoms with Crippen molar-refractivity contribution in [3.63, 3.8) is 0 Å². The molecule has 0 aliphatic carbocycles. The van der Waals surface area contributed by atoms with E-state index in [0.717, 1.165) is 11.1 Å². The smallest absolute Gasteiger partial charge is 0.408 e. The Kier molecular flexibility index (Phi) is 8.57. The Balaban J connectivity index is 1.71. The number of phenols is 1. The van der Waals surface area contributed by atoms with Crippen LogP contribution in [-0.4, -0.2) is 54.4 Å². The largest absolute Gasteiger partial charge is 0.506 e. The molecule has 1 aliphatic rings. The fourth-order valence-electron chi connectivity index (χ4n) is 3.08. The van der Waals surface area contributed by atoms with Gasteiger partial charge in [0.25, 0.3) is 0 Å². The number of morpholine rings is 1. The number of ether oxygens (including phenoxy) is 2. The molecular formula is C21H22I2N2O5. The van der Waals surface area contributed by atoms with Crippen LogP contribution in [0.1, 0.15) is 11.1 Å². The predicted molar refractivity (Wildman–Crippen MR) is 128 cm³/mol. The van der Waals surface area contributed by atoms with Crippen molar-refractivity contribution in [3.05, 3.63) is 60.7 Å². The van der Waals surface area contributed by atoms with E-state index < -0.39 is 12.1 Å². The first kappa shape index (κ1) is 23.1. The van der Waals surface area contributed by atoms with E-state index in [0.29, 0.717) is 39.9 Å². The van der Waals surface area contributed by atoms with E-state index in [1.54, 1.807) is 4.90 Å². The number of halogens is 2. The molecule has 1 saturated heterocycles. The van der Waals surface area contributed by atoms with E-state index in [4.69, 9.17) is 9.47 Å². The van der Waals surface area contributed by atoms with Crippen molar-refractivity contribution in [2.45, 2.75) is 19.1 Å². The molecule has 0 aromatic heterocycles. The van der Waals surface area contributed by atoms with Crippen LogP contribution in [0.5, 0.6) is 5.75 Å². The summed E-state index contributed by atoms with van der Waals surface area (Å²) < 4.78 is 12.0. The predicted octanol–water partition coefficient (Wildman–Crippen LogP) is 3.30. The lowest BCUT2D eigenvalue weighted by Gasteiger charge is -2.30. The van der Waals surface area contributed by atoms with Gasteiger partial charge < -0.3 is 24.8 Å². The third-order valence-corrected chi connectivity index (χ3v) is 6.29.